The van der Waals surface area contributed by atoms with E-state index in [0.29, 0.717) is 40.0 Å². The second kappa shape index (κ2) is 7.41. The molecule has 0 aliphatic heterocycles. The molecule has 136 valence electrons. The highest BCUT2D eigenvalue weighted by molar-refractivity contribution is 7.98. The highest BCUT2D eigenvalue weighted by atomic mass is 32.2. The molecule has 0 fully saturated rings. The molecule has 8 heteroatoms. The van der Waals surface area contributed by atoms with Gasteiger partial charge < -0.3 is 0 Å². The first-order valence-corrected chi connectivity index (χ1v) is 9.36. The molecule has 0 atom stereocenters. The predicted octanol–water partition coefficient (Wildman–Crippen LogP) is 1.91. The Hall–Kier alpha value is -2.48. The minimum Gasteiger partial charge on any atom is -0.280 e. The van der Waals surface area contributed by atoms with Crippen molar-refractivity contribution in [3.63, 3.8) is 0 Å². The van der Waals surface area contributed by atoms with E-state index >= 15 is 0 Å². The molecule has 3 aromatic heterocycles. The van der Waals surface area contributed by atoms with Crippen molar-refractivity contribution in [1.29, 1.82) is 0 Å². The Labute approximate surface area is 155 Å². The second-order valence-corrected chi connectivity index (χ2v) is 7.52. The van der Waals surface area contributed by atoms with E-state index < -0.39 is 5.69 Å². The van der Waals surface area contributed by atoms with E-state index in [1.54, 1.807) is 13.2 Å². The number of rotatable bonds is 5. The van der Waals surface area contributed by atoms with Gasteiger partial charge in [-0.25, -0.2) is 14.8 Å². The van der Waals surface area contributed by atoms with E-state index in [1.165, 1.54) is 23.4 Å². The van der Waals surface area contributed by atoms with Crippen LogP contribution in [0.3, 0.4) is 0 Å². The number of thioether (sulfide) groups is 1. The lowest BCUT2D eigenvalue weighted by Gasteiger charge is -2.12. The average Bonchev–Trinajstić information content (AvgIpc) is 2.63. The quantitative estimate of drug-likeness (QED) is 0.503. The number of aromatic nitrogens is 5. The molecule has 0 aliphatic rings. The first kappa shape index (κ1) is 18.3. The average molecular weight is 371 g/mol. The fraction of sp³-hybridized carbons (Fsp3) is 0.389. The third kappa shape index (κ3) is 3.55. The van der Waals surface area contributed by atoms with Crippen molar-refractivity contribution in [1.82, 2.24) is 24.1 Å². The van der Waals surface area contributed by atoms with Crippen LogP contribution < -0.4 is 11.2 Å². The summed E-state index contributed by atoms with van der Waals surface area (Å²) >= 11 is 1.44. The van der Waals surface area contributed by atoms with Crippen molar-refractivity contribution in [2.75, 3.05) is 0 Å². The molecule has 3 aromatic rings. The molecule has 3 rings (SSSR count). The summed E-state index contributed by atoms with van der Waals surface area (Å²) in [5.41, 5.74) is 0.517. The summed E-state index contributed by atoms with van der Waals surface area (Å²) in [5, 5.41) is 0.968. The zero-order valence-corrected chi connectivity index (χ0v) is 16.1. The van der Waals surface area contributed by atoms with Crippen LogP contribution in [0, 0.1) is 5.92 Å². The van der Waals surface area contributed by atoms with Crippen LogP contribution in [0.4, 0.5) is 0 Å². The Morgan fingerprint density at radius 2 is 1.88 bits per heavy atom. The van der Waals surface area contributed by atoms with Crippen LogP contribution in [0.15, 0.2) is 39.0 Å². The molecule has 0 N–H and O–H groups in total. The van der Waals surface area contributed by atoms with E-state index in [1.807, 2.05) is 18.2 Å². The summed E-state index contributed by atoms with van der Waals surface area (Å²) in [7, 11) is 3.10. The van der Waals surface area contributed by atoms with Crippen LogP contribution in [0.5, 0.6) is 0 Å². The van der Waals surface area contributed by atoms with Crippen molar-refractivity contribution in [3.8, 4) is 0 Å². The maximum absolute atomic E-state index is 12.7. The molecular formula is C18H21N5O2S. The van der Waals surface area contributed by atoms with Crippen LogP contribution in [0.1, 0.15) is 25.4 Å². The van der Waals surface area contributed by atoms with E-state index in [0.717, 1.165) is 10.3 Å². The van der Waals surface area contributed by atoms with Crippen molar-refractivity contribution in [3.05, 3.63) is 56.8 Å². The second-order valence-electron chi connectivity index (χ2n) is 6.56. The molecule has 0 bridgehead atoms. The van der Waals surface area contributed by atoms with Gasteiger partial charge in [0.15, 0.2) is 5.65 Å². The molecule has 0 aromatic carbocycles. The highest BCUT2D eigenvalue weighted by Crippen LogP contribution is 2.25. The lowest BCUT2D eigenvalue weighted by Crippen LogP contribution is -2.38. The lowest BCUT2D eigenvalue weighted by molar-refractivity contribution is 0.613. The Morgan fingerprint density at radius 1 is 1.12 bits per heavy atom. The molecule has 0 amide bonds. The minimum atomic E-state index is -0.391. The normalized spacial score (nSPS) is 11.4. The molecule has 3 heterocycles. The molecule has 0 aliphatic carbocycles. The van der Waals surface area contributed by atoms with E-state index in [-0.39, 0.29) is 5.56 Å². The Morgan fingerprint density at radius 3 is 2.54 bits per heavy atom. The van der Waals surface area contributed by atoms with Gasteiger partial charge in [-0.1, -0.05) is 31.7 Å². The molecule has 0 spiro atoms. The van der Waals surface area contributed by atoms with Gasteiger partial charge in [0.05, 0.1) is 5.69 Å². The third-order valence-electron chi connectivity index (χ3n) is 3.99. The van der Waals surface area contributed by atoms with Crippen molar-refractivity contribution in [2.24, 2.45) is 20.0 Å². The van der Waals surface area contributed by atoms with Gasteiger partial charge in [0.1, 0.15) is 16.2 Å². The SMILES string of the molecule is CC(C)Cc1nc(SCc2ccccn2)c2c(=O)n(C)c(=O)n(C)c2n1. The van der Waals surface area contributed by atoms with Crippen LogP contribution in [-0.2, 0) is 26.3 Å². The van der Waals surface area contributed by atoms with Gasteiger partial charge in [-0.3, -0.25) is 18.9 Å². The third-order valence-corrected chi connectivity index (χ3v) is 5.00. The first-order chi connectivity index (χ1) is 12.4. The van der Waals surface area contributed by atoms with Gasteiger partial charge in [0.25, 0.3) is 5.56 Å². The molecule has 0 saturated carbocycles. The minimum absolute atomic E-state index is 0.365. The van der Waals surface area contributed by atoms with Crippen LogP contribution in [0.2, 0.25) is 0 Å². The maximum Gasteiger partial charge on any atom is 0.332 e. The van der Waals surface area contributed by atoms with E-state index in [9.17, 15) is 9.59 Å². The zero-order valence-electron chi connectivity index (χ0n) is 15.3. The first-order valence-electron chi connectivity index (χ1n) is 8.37. The zero-order chi connectivity index (χ0) is 18.8. The number of hydrogen-bond acceptors (Lipinski definition) is 6. The molecule has 7 nitrogen and oxygen atoms in total. The Balaban J connectivity index is 2.18. The van der Waals surface area contributed by atoms with E-state index in [4.69, 9.17) is 0 Å². The van der Waals surface area contributed by atoms with Crippen molar-refractivity contribution in [2.45, 2.75) is 31.0 Å². The van der Waals surface area contributed by atoms with Crippen LogP contribution in [-0.4, -0.2) is 24.1 Å². The summed E-state index contributed by atoms with van der Waals surface area (Å²) < 4.78 is 2.51. The van der Waals surface area contributed by atoms with Gasteiger partial charge in [-0.2, -0.15) is 0 Å². The number of aryl methyl sites for hydroxylation is 1. The number of hydrogen-bond donors (Lipinski definition) is 0. The van der Waals surface area contributed by atoms with Gasteiger partial charge >= 0.3 is 5.69 Å². The maximum atomic E-state index is 12.7. The Kier molecular flexibility index (Phi) is 5.22. The predicted molar refractivity (Wildman–Crippen MR) is 102 cm³/mol. The Bertz CT molecular complexity index is 1060. The highest BCUT2D eigenvalue weighted by Gasteiger charge is 2.18. The molecule has 0 unspecified atom stereocenters. The number of fused-ring (bicyclic) bond motifs is 1. The monoisotopic (exact) mass is 371 g/mol. The fourth-order valence-electron chi connectivity index (χ4n) is 2.66. The molecule has 0 radical (unpaired) electrons. The van der Waals surface area contributed by atoms with E-state index in [2.05, 4.69) is 28.8 Å². The van der Waals surface area contributed by atoms with Crippen LogP contribution in [0.25, 0.3) is 11.0 Å². The van der Waals surface area contributed by atoms with Gasteiger partial charge in [0, 0.05) is 32.5 Å². The summed E-state index contributed by atoms with van der Waals surface area (Å²) in [6.07, 6.45) is 2.41. The smallest absolute Gasteiger partial charge is 0.280 e. The molecular weight excluding hydrogens is 350 g/mol. The van der Waals surface area contributed by atoms with Gasteiger partial charge in [0.2, 0.25) is 0 Å². The van der Waals surface area contributed by atoms with Crippen LogP contribution >= 0.6 is 11.8 Å². The summed E-state index contributed by atoms with van der Waals surface area (Å²) in [4.78, 5) is 38.4. The van der Waals surface area contributed by atoms with Gasteiger partial charge in [-0.05, 0) is 18.1 Å². The fourth-order valence-corrected chi connectivity index (χ4v) is 3.61. The number of pyridine rings is 1. The van der Waals surface area contributed by atoms with Crippen molar-refractivity contribution < 1.29 is 0 Å². The molecule has 0 saturated heterocycles. The number of nitrogens with zero attached hydrogens (tertiary/aromatic N) is 5. The van der Waals surface area contributed by atoms with Crippen molar-refractivity contribution >= 4 is 22.8 Å². The molecule has 26 heavy (non-hydrogen) atoms. The topological polar surface area (TPSA) is 82.7 Å². The standard InChI is InChI=1S/C18H21N5O2S/c1-11(2)9-13-20-15-14(17(24)23(4)18(25)22(15)3)16(21-13)26-10-12-7-5-6-8-19-12/h5-8,11H,9-10H2,1-4H3. The summed E-state index contributed by atoms with van der Waals surface area (Å²) in [6.45, 7) is 4.16. The summed E-state index contributed by atoms with van der Waals surface area (Å²) in [6, 6.07) is 5.72. The largest absolute Gasteiger partial charge is 0.332 e. The van der Waals surface area contributed by atoms with Gasteiger partial charge in [-0.15, -0.1) is 0 Å². The lowest BCUT2D eigenvalue weighted by atomic mass is 10.1. The summed E-state index contributed by atoms with van der Waals surface area (Å²) in [5.74, 6) is 1.59.